The van der Waals surface area contributed by atoms with Crippen LogP contribution in [0.5, 0.6) is 11.5 Å². The second-order valence-electron chi connectivity index (χ2n) is 4.37. The van der Waals surface area contributed by atoms with Gasteiger partial charge in [0.2, 0.25) is 0 Å². The molecule has 0 bridgehead atoms. The van der Waals surface area contributed by atoms with Crippen molar-refractivity contribution in [3.05, 3.63) is 53.6 Å². The highest BCUT2D eigenvalue weighted by molar-refractivity contribution is 6.17. The van der Waals surface area contributed by atoms with Gasteiger partial charge in [0.25, 0.3) is 0 Å². The van der Waals surface area contributed by atoms with Crippen LogP contribution in [0.25, 0.3) is 0 Å². The smallest absolute Gasteiger partial charge is 0.161 e. The summed E-state index contributed by atoms with van der Waals surface area (Å²) < 4.78 is 10.5. The Morgan fingerprint density at radius 2 is 1.55 bits per heavy atom. The molecule has 0 amide bonds. The Bertz CT molecular complexity index is 555. The Hall–Kier alpha value is -1.87. The van der Waals surface area contributed by atoms with Crippen molar-refractivity contribution in [3.63, 3.8) is 0 Å². The van der Waals surface area contributed by atoms with E-state index in [1.807, 2.05) is 42.5 Å². The molecule has 2 rings (SSSR count). The van der Waals surface area contributed by atoms with Crippen molar-refractivity contribution in [3.8, 4) is 11.5 Å². The lowest BCUT2D eigenvalue weighted by atomic mass is 10.2. The van der Waals surface area contributed by atoms with Gasteiger partial charge >= 0.3 is 0 Å². The van der Waals surface area contributed by atoms with Crippen molar-refractivity contribution in [2.24, 2.45) is 0 Å². The highest BCUT2D eigenvalue weighted by Gasteiger charge is 2.04. The molecule has 0 heterocycles. The van der Waals surface area contributed by atoms with Gasteiger partial charge in [-0.2, -0.15) is 0 Å². The van der Waals surface area contributed by atoms with E-state index in [0.29, 0.717) is 5.88 Å². The van der Waals surface area contributed by atoms with Gasteiger partial charge in [0.1, 0.15) is 0 Å². The first-order valence-corrected chi connectivity index (χ1v) is 6.90. The monoisotopic (exact) mass is 291 g/mol. The molecular weight excluding hydrogens is 274 g/mol. The average Bonchev–Trinajstić information content (AvgIpc) is 2.53. The number of hydrogen-bond donors (Lipinski definition) is 1. The SMILES string of the molecule is COc1ccc(CNc2ccc(CCl)cc2)cc1OC. The molecule has 20 heavy (non-hydrogen) atoms. The Labute approximate surface area is 124 Å². The first kappa shape index (κ1) is 14.5. The molecule has 0 aliphatic rings. The number of anilines is 1. The summed E-state index contributed by atoms with van der Waals surface area (Å²) in [6.45, 7) is 0.723. The summed E-state index contributed by atoms with van der Waals surface area (Å²) in [7, 11) is 3.27. The fourth-order valence-corrected chi connectivity index (χ4v) is 2.08. The van der Waals surface area contributed by atoms with E-state index in [4.69, 9.17) is 21.1 Å². The zero-order valence-electron chi connectivity index (χ0n) is 11.7. The second kappa shape index (κ2) is 7.06. The Morgan fingerprint density at radius 1 is 0.900 bits per heavy atom. The van der Waals surface area contributed by atoms with Crippen LogP contribution in [0.3, 0.4) is 0 Å². The number of alkyl halides is 1. The first-order chi connectivity index (χ1) is 9.76. The molecule has 0 spiro atoms. The van der Waals surface area contributed by atoms with Crippen LogP contribution in [-0.4, -0.2) is 14.2 Å². The van der Waals surface area contributed by atoms with E-state index in [-0.39, 0.29) is 0 Å². The molecule has 0 unspecified atom stereocenters. The molecule has 0 aliphatic carbocycles. The van der Waals surface area contributed by atoms with E-state index in [9.17, 15) is 0 Å². The lowest BCUT2D eigenvalue weighted by Gasteiger charge is -2.11. The van der Waals surface area contributed by atoms with Crippen LogP contribution in [-0.2, 0) is 12.4 Å². The van der Waals surface area contributed by atoms with Gasteiger partial charge in [-0.1, -0.05) is 18.2 Å². The van der Waals surface area contributed by atoms with Crippen molar-refractivity contribution in [2.45, 2.75) is 12.4 Å². The maximum atomic E-state index is 5.77. The van der Waals surface area contributed by atoms with Crippen LogP contribution in [0.1, 0.15) is 11.1 Å². The van der Waals surface area contributed by atoms with Crippen molar-refractivity contribution in [2.75, 3.05) is 19.5 Å². The molecule has 2 aromatic rings. The minimum Gasteiger partial charge on any atom is -0.493 e. The molecule has 4 heteroatoms. The van der Waals surface area contributed by atoms with Crippen molar-refractivity contribution >= 4 is 17.3 Å². The van der Waals surface area contributed by atoms with Crippen LogP contribution in [0.2, 0.25) is 0 Å². The summed E-state index contributed by atoms with van der Waals surface area (Å²) in [5.74, 6) is 2.02. The van der Waals surface area contributed by atoms with Crippen molar-refractivity contribution < 1.29 is 9.47 Å². The maximum Gasteiger partial charge on any atom is 0.161 e. The number of rotatable bonds is 6. The topological polar surface area (TPSA) is 30.5 Å². The number of benzene rings is 2. The molecule has 0 aliphatic heterocycles. The van der Waals surface area contributed by atoms with E-state index >= 15 is 0 Å². The van der Waals surface area contributed by atoms with Gasteiger partial charge in [0.05, 0.1) is 14.2 Å². The predicted octanol–water partition coefficient (Wildman–Crippen LogP) is 4.05. The van der Waals surface area contributed by atoms with Crippen LogP contribution >= 0.6 is 11.6 Å². The first-order valence-electron chi connectivity index (χ1n) is 6.36. The molecule has 0 radical (unpaired) electrons. The number of nitrogens with one attached hydrogen (secondary N) is 1. The van der Waals surface area contributed by atoms with Crippen LogP contribution in [0.4, 0.5) is 5.69 Å². The van der Waals surface area contributed by atoms with E-state index in [1.54, 1.807) is 14.2 Å². The Morgan fingerprint density at radius 3 is 2.15 bits per heavy atom. The molecule has 0 fully saturated rings. The average molecular weight is 292 g/mol. The van der Waals surface area contributed by atoms with Gasteiger partial charge in [-0.05, 0) is 35.4 Å². The Kier molecular flexibility index (Phi) is 5.13. The van der Waals surface area contributed by atoms with E-state index in [0.717, 1.165) is 34.9 Å². The van der Waals surface area contributed by atoms with Gasteiger partial charge in [0, 0.05) is 18.1 Å². The third-order valence-corrected chi connectivity index (χ3v) is 3.36. The van der Waals surface area contributed by atoms with E-state index < -0.39 is 0 Å². The minimum atomic E-state index is 0.538. The summed E-state index contributed by atoms with van der Waals surface area (Å²) in [6, 6.07) is 14.0. The van der Waals surface area contributed by atoms with Crippen molar-refractivity contribution in [1.82, 2.24) is 0 Å². The largest absolute Gasteiger partial charge is 0.493 e. The summed E-state index contributed by atoms with van der Waals surface area (Å²) >= 11 is 5.77. The fourth-order valence-electron chi connectivity index (χ4n) is 1.91. The van der Waals surface area contributed by atoms with Gasteiger partial charge in [-0.3, -0.25) is 0 Å². The summed E-state index contributed by atoms with van der Waals surface area (Å²) in [5, 5.41) is 3.36. The van der Waals surface area contributed by atoms with Crippen LogP contribution in [0, 0.1) is 0 Å². The molecule has 3 nitrogen and oxygen atoms in total. The number of ether oxygens (including phenoxy) is 2. The zero-order chi connectivity index (χ0) is 14.4. The molecule has 1 N–H and O–H groups in total. The standard InChI is InChI=1S/C16H18ClNO2/c1-19-15-8-5-13(9-16(15)20-2)11-18-14-6-3-12(10-17)4-7-14/h3-9,18H,10-11H2,1-2H3. The van der Waals surface area contributed by atoms with Crippen LogP contribution in [0.15, 0.2) is 42.5 Å². The maximum absolute atomic E-state index is 5.77. The molecule has 2 aromatic carbocycles. The van der Waals surface area contributed by atoms with Gasteiger partial charge in [0.15, 0.2) is 11.5 Å². The zero-order valence-corrected chi connectivity index (χ0v) is 12.4. The molecule has 0 saturated carbocycles. The fraction of sp³-hybridized carbons (Fsp3) is 0.250. The normalized spacial score (nSPS) is 10.2. The molecule has 0 atom stereocenters. The minimum absolute atomic E-state index is 0.538. The molecule has 106 valence electrons. The summed E-state index contributed by atoms with van der Waals surface area (Å²) in [6.07, 6.45) is 0. The Balaban J connectivity index is 2.02. The van der Waals surface area contributed by atoms with Gasteiger partial charge in [-0.15, -0.1) is 11.6 Å². The highest BCUT2D eigenvalue weighted by atomic mass is 35.5. The lowest BCUT2D eigenvalue weighted by molar-refractivity contribution is 0.354. The predicted molar refractivity (Wildman–Crippen MR) is 82.9 cm³/mol. The summed E-state index contributed by atoms with van der Waals surface area (Å²) in [5.41, 5.74) is 3.31. The van der Waals surface area contributed by atoms with Gasteiger partial charge < -0.3 is 14.8 Å². The quantitative estimate of drug-likeness (QED) is 0.814. The lowest BCUT2D eigenvalue weighted by Crippen LogP contribution is -2.00. The van der Waals surface area contributed by atoms with Gasteiger partial charge in [-0.25, -0.2) is 0 Å². The second-order valence-corrected chi connectivity index (χ2v) is 4.64. The van der Waals surface area contributed by atoms with Crippen molar-refractivity contribution in [1.29, 1.82) is 0 Å². The van der Waals surface area contributed by atoms with E-state index in [2.05, 4.69) is 5.32 Å². The number of hydrogen-bond acceptors (Lipinski definition) is 3. The third kappa shape index (κ3) is 3.58. The number of halogens is 1. The highest BCUT2D eigenvalue weighted by Crippen LogP contribution is 2.27. The van der Waals surface area contributed by atoms with E-state index in [1.165, 1.54) is 0 Å². The number of methoxy groups -OCH3 is 2. The summed E-state index contributed by atoms with van der Waals surface area (Å²) in [4.78, 5) is 0. The third-order valence-electron chi connectivity index (χ3n) is 3.05. The van der Waals surface area contributed by atoms with Crippen LogP contribution < -0.4 is 14.8 Å². The molecule has 0 aromatic heterocycles. The molecule has 0 saturated heterocycles. The molecular formula is C16H18ClNO2.